The fourth-order valence-corrected chi connectivity index (χ4v) is 38.4. The van der Waals surface area contributed by atoms with Crippen LogP contribution >= 0.6 is 573 Å². The molecule has 0 aromatic heterocycles. The van der Waals surface area contributed by atoms with E-state index in [1.165, 1.54) is 0 Å². The fourth-order valence-electron chi connectivity index (χ4n) is 2.92. The van der Waals surface area contributed by atoms with E-state index in [0.29, 0.717) is 0 Å². The van der Waals surface area contributed by atoms with Crippen molar-refractivity contribution < 1.29 is 0 Å². The number of hydrogen-bond acceptors (Lipinski definition) is 0. The molecular formula is C17Br36. The van der Waals surface area contributed by atoms with E-state index >= 15 is 0 Å². The summed E-state index contributed by atoms with van der Waals surface area (Å²) in [4.78, 5) is 0. The van der Waals surface area contributed by atoms with Crippen LogP contribution < -0.4 is 0 Å². The molecule has 36 heteroatoms. The third kappa shape index (κ3) is 12.1. The zero-order chi connectivity index (χ0) is 44.5. The zero-order valence-electron chi connectivity index (χ0n) is 22.1. The van der Waals surface area contributed by atoms with Crippen molar-refractivity contribution in [2.75, 3.05) is 0 Å². The van der Waals surface area contributed by atoms with Crippen LogP contribution in [0.15, 0.2) is 0 Å². The summed E-state index contributed by atoms with van der Waals surface area (Å²) in [6.07, 6.45) is 0. The predicted octanol–water partition coefficient (Wildman–Crippen LogP) is 27.0. The van der Waals surface area contributed by atoms with Gasteiger partial charge in [0.1, 0.15) is 48.5 Å². The Morgan fingerprint density at radius 2 is 0.151 bits per heavy atom. The number of hydrogen-bond donors (Lipinski definition) is 0. The minimum Gasteiger partial charge on any atom is -0.0675 e. The first kappa shape index (κ1) is 70.3. The van der Waals surface area contributed by atoms with Gasteiger partial charge in [-0.05, 0) is 0 Å². The van der Waals surface area contributed by atoms with Gasteiger partial charge in [0.2, 0.25) is 0 Å². The van der Waals surface area contributed by atoms with Gasteiger partial charge < -0.3 is 0 Å². The van der Waals surface area contributed by atoms with Gasteiger partial charge in [0, 0.05) is 0 Å². The van der Waals surface area contributed by atoms with Crippen molar-refractivity contribution in [2.45, 2.75) is 52.8 Å². The average Bonchev–Trinajstić information content (AvgIpc) is 2.89. The van der Waals surface area contributed by atoms with Crippen LogP contribution in [0.2, 0.25) is 0 Å². The molecule has 0 saturated carbocycles. The molecule has 0 saturated heterocycles. The van der Waals surface area contributed by atoms with Gasteiger partial charge in [0.05, 0.1) is 0 Å². The van der Waals surface area contributed by atoms with Crippen LogP contribution in [-0.2, 0) is 0 Å². The van der Waals surface area contributed by atoms with Crippen molar-refractivity contribution in [3.63, 3.8) is 0 Å². The summed E-state index contributed by atoms with van der Waals surface area (Å²) in [7, 11) is 0. The van der Waals surface area contributed by atoms with Crippen molar-refractivity contribution in [3.8, 4) is 0 Å². The summed E-state index contributed by atoms with van der Waals surface area (Å²) in [5.74, 6) is 0. The van der Waals surface area contributed by atoms with E-state index in [0.717, 1.165) is 0 Å². The highest BCUT2D eigenvalue weighted by Gasteiger charge is 2.84. The molecule has 0 rings (SSSR count). The molecule has 0 aliphatic rings. The first-order valence-electron chi connectivity index (χ1n) is 10.8. The molecule has 0 nitrogen and oxygen atoms in total. The molecule has 0 aromatic rings. The summed E-state index contributed by atoms with van der Waals surface area (Å²) < 4.78 is -20.2. The Balaban J connectivity index is 7.78. The summed E-state index contributed by atoms with van der Waals surface area (Å²) in [5.41, 5.74) is 0. The summed E-state index contributed by atoms with van der Waals surface area (Å²) in [6.45, 7) is 0. The standard InChI is InChI=1S/C17Br36/c18-1(19,2(20,21)4(24,25)6(28,29)8(32,33)10(36,37)12(40,41)14(44,45)16(48,49)50)3(22,23)5(26,27)7(30,31)9(34,35)11(38,39)13(42,43)15(46,47)17(51,52)53. The van der Waals surface area contributed by atoms with E-state index in [-0.39, 0.29) is 0 Å². The molecule has 0 atom stereocenters. The topological polar surface area (TPSA) is 0 Å². The highest BCUT2D eigenvalue weighted by atomic mass is 80.0. The molecule has 0 heterocycles. The Kier molecular flexibility index (Phi) is 30.1. The van der Waals surface area contributed by atoms with Crippen LogP contribution in [0, 0.1) is 0 Å². The number of rotatable bonds is 14. The van der Waals surface area contributed by atoms with Crippen molar-refractivity contribution in [3.05, 3.63) is 0 Å². The molecular weight excluding hydrogens is 3080 g/mol. The minimum absolute atomic E-state index is 0.902. The molecule has 0 bridgehead atoms. The Morgan fingerprint density at radius 3 is 0.208 bits per heavy atom. The SMILES string of the molecule is BrC(Br)(Br)C(Br)(Br)C(Br)(Br)C(Br)(Br)C(Br)(Br)C(Br)(Br)C(Br)(Br)C(Br)(Br)C(Br)(Br)C(Br)(Br)C(Br)(Br)C(Br)(Br)C(Br)(Br)C(Br)(Br)C(Br)(Br)C(Br)(Br)C(Br)(Br)Br. The van der Waals surface area contributed by atoms with E-state index in [1.807, 2.05) is 0 Å². The van der Waals surface area contributed by atoms with E-state index < -0.39 is 52.8 Å². The van der Waals surface area contributed by atoms with Crippen molar-refractivity contribution in [1.29, 1.82) is 0 Å². The van der Waals surface area contributed by atoms with Gasteiger partial charge in [-0.1, -0.05) is 573 Å². The highest BCUT2D eigenvalue weighted by molar-refractivity contribution is 9.44. The maximum atomic E-state index is 4.02. The quantitative estimate of drug-likeness (QED) is 0.152. The van der Waals surface area contributed by atoms with Gasteiger partial charge in [-0.2, -0.15) is 0 Å². The molecule has 0 aliphatic heterocycles. The lowest BCUT2D eigenvalue weighted by molar-refractivity contribution is 0.524. The third-order valence-corrected chi connectivity index (χ3v) is 81.7. The van der Waals surface area contributed by atoms with E-state index in [1.54, 1.807) is 0 Å². The van der Waals surface area contributed by atoms with Crippen LogP contribution in [0.25, 0.3) is 0 Å². The molecule has 0 N–H and O–H groups in total. The molecule has 0 radical (unpaired) electrons. The maximum Gasteiger partial charge on any atom is 0.162 e. The molecule has 0 unspecified atom stereocenters. The van der Waals surface area contributed by atoms with Crippen LogP contribution in [0.3, 0.4) is 0 Å². The normalized spacial score (nSPS) is 17.4. The lowest BCUT2D eigenvalue weighted by Gasteiger charge is -2.62. The lowest BCUT2D eigenvalue weighted by atomic mass is 10.0. The monoisotopic (exact) mass is 3050 g/mol. The van der Waals surface area contributed by atoms with E-state index in [4.69, 9.17) is 0 Å². The molecule has 0 spiro atoms. The van der Waals surface area contributed by atoms with Crippen LogP contribution in [0.4, 0.5) is 0 Å². The van der Waals surface area contributed by atoms with Crippen LogP contribution in [0.5, 0.6) is 0 Å². The van der Waals surface area contributed by atoms with Crippen molar-refractivity contribution in [2.24, 2.45) is 0 Å². The predicted molar refractivity (Wildman–Crippen MR) is 368 cm³/mol. The largest absolute Gasteiger partial charge is 0.162 e. The zero-order valence-corrected chi connectivity index (χ0v) is 79.2. The second-order valence-electron chi connectivity index (χ2n) is 9.61. The molecule has 0 aliphatic carbocycles. The Labute approximate surface area is 610 Å². The second-order valence-corrected chi connectivity index (χ2v) is 74.8. The van der Waals surface area contributed by atoms with Gasteiger partial charge in [-0.15, -0.1) is 0 Å². The van der Waals surface area contributed by atoms with Crippen molar-refractivity contribution >= 4 is 573 Å². The maximum absolute atomic E-state index is 4.02. The van der Waals surface area contributed by atoms with Gasteiger partial charge in [-0.25, -0.2) is 0 Å². The van der Waals surface area contributed by atoms with Crippen LogP contribution in [-0.4, -0.2) is 52.8 Å². The smallest absolute Gasteiger partial charge is 0.0675 e. The van der Waals surface area contributed by atoms with Gasteiger partial charge in [0.25, 0.3) is 0 Å². The van der Waals surface area contributed by atoms with Gasteiger partial charge in [-0.3, -0.25) is 0 Å². The minimum atomic E-state index is -1.33. The summed E-state index contributed by atoms with van der Waals surface area (Å²) in [5, 5.41) is 0. The number of alkyl halides is 36. The first-order chi connectivity index (χ1) is 22.0. The van der Waals surface area contributed by atoms with Gasteiger partial charge in [0.15, 0.2) is 4.29 Å². The lowest BCUT2D eigenvalue weighted by Crippen LogP contribution is -2.73. The fraction of sp³-hybridized carbons (Fsp3) is 1.00. The second kappa shape index (κ2) is 22.7. The molecule has 0 amide bonds. The first-order valence-corrected chi connectivity index (χ1v) is 39.4. The Morgan fingerprint density at radius 1 is 0.0943 bits per heavy atom. The molecule has 0 aromatic carbocycles. The Hall–Kier alpha value is 17.3. The van der Waals surface area contributed by atoms with Crippen molar-refractivity contribution in [1.82, 2.24) is 0 Å². The summed E-state index contributed by atoms with van der Waals surface area (Å²) >= 11 is 140. The molecule has 53 heavy (non-hydrogen) atoms. The Bertz CT molecular complexity index is 1230. The van der Waals surface area contributed by atoms with E-state index in [2.05, 4.69) is 573 Å². The van der Waals surface area contributed by atoms with Gasteiger partial charge >= 0.3 is 0 Å². The van der Waals surface area contributed by atoms with E-state index in [9.17, 15) is 0 Å². The summed E-state index contributed by atoms with van der Waals surface area (Å²) in [6, 6.07) is 0. The average molecular weight is 3080 g/mol. The van der Waals surface area contributed by atoms with Crippen LogP contribution in [0.1, 0.15) is 0 Å². The molecule has 0 fully saturated rings. The third-order valence-electron chi connectivity index (χ3n) is 6.23. The number of halogens is 36. The highest BCUT2D eigenvalue weighted by Crippen LogP contribution is 2.84. The molecule has 320 valence electrons.